The van der Waals surface area contributed by atoms with E-state index in [1.807, 2.05) is 41.8 Å². The lowest BCUT2D eigenvalue weighted by molar-refractivity contribution is 0.445. The Morgan fingerprint density at radius 1 is 1.26 bits per heavy atom. The van der Waals surface area contributed by atoms with Crippen LogP contribution >= 0.6 is 11.3 Å². The maximum Gasteiger partial charge on any atom is 0.247 e. The molecular weight excluding hydrogens is 384 g/mol. The maximum atomic E-state index is 11.3. The van der Waals surface area contributed by atoms with E-state index in [1.165, 1.54) is 15.6 Å². The Morgan fingerprint density at radius 2 is 2.11 bits per heavy atom. The van der Waals surface area contributed by atoms with Crippen LogP contribution in [0.1, 0.15) is 5.56 Å². The molecule has 0 spiro atoms. The average Bonchev–Trinajstić information content (AvgIpc) is 3.31. The van der Waals surface area contributed by atoms with Gasteiger partial charge in [0.2, 0.25) is 17.2 Å². The molecule has 0 amide bonds. The summed E-state index contributed by atoms with van der Waals surface area (Å²) in [4.78, 5) is 8.51. The number of anilines is 2. The summed E-state index contributed by atoms with van der Waals surface area (Å²) in [5, 5.41) is 10.3. The molecule has 4 rings (SSSR count). The monoisotopic (exact) mass is 400 g/mol. The van der Waals surface area contributed by atoms with Gasteiger partial charge in [-0.15, -0.1) is 16.4 Å². The highest BCUT2D eigenvalue weighted by Gasteiger charge is 2.14. The zero-order valence-corrected chi connectivity index (χ0v) is 15.9. The third-order valence-corrected chi connectivity index (χ3v) is 5.35. The van der Waals surface area contributed by atoms with Gasteiger partial charge in [-0.3, -0.25) is 9.87 Å². The van der Waals surface area contributed by atoms with Crippen molar-refractivity contribution in [3.8, 4) is 11.3 Å². The second-order valence-corrected chi connectivity index (χ2v) is 7.75. The van der Waals surface area contributed by atoms with Crippen molar-refractivity contribution in [1.82, 2.24) is 23.9 Å². The van der Waals surface area contributed by atoms with Crippen LogP contribution in [-0.4, -0.2) is 39.7 Å². The first kappa shape index (κ1) is 17.7. The fraction of sp³-hybridized carbons (Fsp3) is 0.118. The first-order chi connectivity index (χ1) is 13.1. The summed E-state index contributed by atoms with van der Waals surface area (Å²) in [6, 6.07) is 11.7. The van der Waals surface area contributed by atoms with Crippen LogP contribution in [0, 0.1) is 0 Å². The Labute approximate surface area is 161 Å². The Hall–Kier alpha value is -2.66. The van der Waals surface area contributed by atoms with E-state index in [9.17, 15) is 8.76 Å². The van der Waals surface area contributed by atoms with Crippen molar-refractivity contribution >= 4 is 39.2 Å². The molecule has 0 aliphatic rings. The first-order valence-corrected chi connectivity index (χ1v) is 9.98. The van der Waals surface area contributed by atoms with Crippen molar-refractivity contribution in [2.45, 2.75) is 6.54 Å². The van der Waals surface area contributed by atoms with Gasteiger partial charge >= 0.3 is 0 Å². The van der Waals surface area contributed by atoms with Gasteiger partial charge in [-0.1, -0.05) is 24.3 Å². The van der Waals surface area contributed by atoms with E-state index in [0.29, 0.717) is 12.5 Å². The van der Waals surface area contributed by atoms with E-state index in [4.69, 9.17) is 0 Å². The summed E-state index contributed by atoms with van der Waals surface area (Å²) in [6.07, 6.45) is 3.45. The van der Waals surface area contributed by atoms with E-state index < -0.39 is 11.3 Å². The average molecular weight is 400 g/mol. The van der Waals surface area contributed by atoms with Crippen molar-refractivity contribution in [2.24, 2.45) is 0 Å². The molecule has 0 saturated heterocycles. The van der Waals surface area contributed by atoms with Crippen molar-refractivity contribution in [2.75, 3.05) is 12.4 Å². The minimum Gasteiger partial charge on any atom is -0.299 e. The maximum absolute atomic E-state index is 11.3. The minimum atomic E-state index is -2.03. The minimum absolute atomic E-state index is 0.335. The molecule has 0 aliphatic heterocycles. The molecule has 1 unspecified atom stereocenters. The highest BCUT2D eigenvalue weighted by molar-refractivity contribution is 7.76. The van der Waals surface area contributed by atoms with Crippen LogP contribution in [0.25, 0.3) is 16.8 Å². The summed E-state index contributed by atoms with van der Waals surface area (Å²) in [6.45, 7) is 0.335. The summed E-state index contributed by atoms with van der Waals surface area (Å²) < 4.78 is 23.8. The number of nitrogens with zero attached hydrogens (tertiary/aromatic N) is 5. The van der Waals surface area contributed by atoms with Gasteiger partial charge in [-0.25, -0.2) is 18.7 Å². The fourth-order valence-electron chi connectivity index (χ4n) is 2.75. The molecule has 27 heavy (non-hydrogen) atoms. The molecule has 0 radical (unpaired) electrons. The van der Waals surface area contributed by atoms with Gasteiger partial charge in [0, 0.05) is 30.7 Å². The van der Waals surface area contributed by atoms with E-state index in [1.54, 1.807) is 24.0 Å². The second-order valence-electron chi connectivity index (χ2n) is 5.77. The predicted octanol–water partition coefficient (Wildman–Crippen LogP) is 3.16. The van der Waals surface area contributed by atoms with Gasteiger partial charge in [0.15, 0.2) is 5.13 Å². The predicted molar refractivity (Wildman–Crippen MR) is 106 cm³/mol. The molecule has 1 atom stereocenters. The Kier molecular flexibility index (Phi) is 4.94. The summed E-state index contributed by atoms with van der Waals surface area (Å²) >= 11 is -0.562. The number of fused-ring (bicyclic) bond motifs is 1. The van der Waals surface area contributed by atoms with Gasteiger partial charge in [-0.05, 0) is 17.7 Å². The number of hydrogen-bond donors (Lipinski definition) is 2. The number of rotatable bonds is 6. The molecular formula is C17H16N6O2S2. The van der Waals surface area contributed by atoms with Crippen LogP contribution in [0.4, 0.5) is 11.1 Å². The summed E-state index contributed by atoms with van der Waals surface area (Å²) in [5.74, 6) is 0.445. The molecule has 0 saturated carbocycles. The Bertz CT molecular complexity index is 1100. The lowest BCUT2D eigenvalue weighted by Crippen LogP contribution is -2.20. The number of benzene rings is 1. The normalized spacial score (nSPS) is 12.6. The van der Waals surface area contributed by atoms with Gasteiger partial charge in [0.05, 0.1) is 17.4 Å². The third kappa shape index (κ3) is 3.74. The largest absolute Gasteiger partial charge is 0.299 e. The lowest BCUT2D eigenvalue weighted by Gasteiger charge is -2.15. The Balaban J connectivity index is 1.75. The van der Waals surface area contributed by atoms with Crippen LogP contribution in [0.3, 0.4) is 0 Å². The van der Waals surface area contributed by atoms with Crippen molar-refractivity contribution in [1.29, 1.82) is 0 Å². The van der Waals surface area contributed by atoms with Crippen molar-refractivity contribution < 1.29 is 8.76 Å². The summed E-state index contributed by atoms with van der Waals surface area (Å²) in [5.41, 5.74) is 3.59. The van der Waals surface area contributed by atoms with Gasteiger partial charge < -0.3 is 0 Å². The first-order valence-electron chi connectivity index (χ1n) is 8.03. The number of thiazole rings is 1. The fourth-order valence-corrected chi connectivity index (χ4v) is 3.52. The number of nitrogens with one attached hydrogen (secondary N) is 1. The zero-order valence-electron chi connectivity index (χ0n) is 14.3. The molecule has 8 nitrogen and oxygen atoms in total. The molecule has 3 aromatic heterocycles. The van der Waals surface area contributed by atoms with Crippen LogP contribution < -0.4 is 5.32 Å². The molecule has 0 bridgehead atoms. The topological polar surface area (TPSA) is 95.7 Å². The van der Waals surface area contributed by atoms with E-state index >= 15 is 0 Å². The quantitative estimate of drug-likeness (QED) is 0.483. The van der Waals surface area contributed by atoms with Gasteiger partial charge in [-0.2, -0.15) is 4.31 Å². The SMILES string of the molecule is CN(Cc1ccccc1-c1ccc2cnc(Nc3nccs3)nn12)S(=O)O. The van der Waals surface area contributed by atoms with Crippen LogP contribution in [-0.2, 0) is 17.8 Å². The number of hydrogen-bond acceptors (Lipinski definition) is 6. The van der Waals surface area contributed by atoms with Gasteiger partial charge in [0.1, 0.15) is 0 Å². The highest BCUT2D eigenvalue weighted by Crippen LogP contribution is 2.27. The highest BCUT2D eigenvalue weighted by atomic mass is 32.2. The standard InChI is InChI=1S/C17H16N6O2S2/c1-22(27(24)25)11-12-4-2-3-5-14(12)15-7-6-13-10-19-16(21-23(13)15)20-17-18-8-9-26-17/h2-10H,11H2,1H3,(H,24,25)(H,18,20,21). The molecule has 1 aromatic carbocycles. The zero-order chi connectivity index (χ0) is 18.8. The van der Waals surface area contributed by atoms with E-state index in [0.717, 1.165) is 27.5 Å². The smallest absolute Gasteiger partial charge is 0.247 e. The molecule has 4 aromatic rings. The Morgan fingerprint density at radius 3 is 2.89 bits per heavy atom. The van der Waals surface area contributed by atoms with Crippen LogP contribution in [0.5, 0.6) is 0 Å². The number of aromatic nitrogens is 4. The van der Waals surface area contributed by atoms with E-state index in [2.05, 4.69) is 20.4 Å². The molecule has 10 heteroatoms. The van der Waals surface area contributed by atoms with E-state index in [-0.39, 0.29) is 0 Å². The second kappa shape index (κ2) is 7.53. The lowest BCUT2D eigenvalue weighted by atomic mass is 10.0. The molecule has 2 N–H and O–H groups in total. The summed E-state index contributed by atoms with van der Waals surface area (Å²) in [7, 11) is 1.60. The molecule has 3 heterocycles. The molecule has 138 valence electrons. The van der Waals surface area contributed by atoms with Crippen molar-refractivity contribution in [3.05, 3.63) is 59.7 Å². The third-order valence-electron chi connectivity index (χ3n) is 4.00. The van der Waals surface area contributed by atoms with Crippen LogP contribution in [0.2, 0.25) is 0 Å². The van der Waals surface area contributed by atoms with Gasteiger partial charge in [0.25, 0.3) is 0 Å². The van der Waals surface area contributed by atoms with Crippen molar-refractivity contribution in [3.63, 3.8) is 0 Å². The molecule has 0 aliphatic carbocycles. The molecule has 0 fully saturated rings. The van der Waals surface area contributed by atoms with Crippen LogP contribution in [0.15, 0.2) is 54.2 Å².